The molecule has 3 aliphatic rings. The summed E-state index contributed by atoms with van der Waals surface area (Å²) in [6.45, 7) is 16.5. The van der Waals surface area contributed by atoms with Crippen LogP contribution in [-0.2, 0) is 6.54 Å². The lowest BCUT2D eigenvalue weighted by molar-refractivity contribution is -0.941. The number of benzene rings is 1. The Kier molecular flexibility index (Phi) is 6.20. The lowest BCUT2D eigenvalue weighted by atomic mass is 10.1. The third-order valence-electron chi connectivity index (χ3n) is 6.56. The summed E-state index contributed by atoms with van der Waals surface area (Å²) in [5, 5.41) is 15.5. The maximum absolute atomic E-state index is 4.34. The van der Waals surface area contributed by atoms with Crippen LogP contribution in [0.15, 0.2) is 40.8 Å². The predicted molar refractivity (Wildman–Crippen MR) is 114 cm³/mol. The highest BCUT2D eigenvalue weighted by Crippen LogP contribution is 2.23. The second kappa shape index (κ2) is 9.00. The predicted octanol–water partition coefficient (Wildman–Crippen LogP) is 2.49. The number of anilines is 1. The first-order valence-electron chi connectivity index (χ1n) is 11.0. The van der Waals surface area contributed by atoms with Gasteiger partial charge in [0.05, 0.1) is 38.4 Å². The van der Waals surface area contributed by atoms with Gasteiger partial charge in [0.1, 0.15) is 0 Å². The molecule has 0 spiro atoms. The molecule has 1 N–H and O–H groups in total. The van der Waals surface area contributed by atoms with Gasteiger partial charge in [-0.15, -0.1) is 5.10 Å². The Labute approximate surface area is 173 Å². The number of aromatic nitrogens is 3. The number of aryl methyl sites for hydroxylation is 1. The van der Waals surface area contributed by atoms with Crippen molar-refractivity contribution in [2.75, 3.05) is 63.8 Å². The molecule has 3 aliphatic heterocycles. The van der Waals surface area contributed by atoms with E-state index in [0.717, 1.165) is 25.3 Å². The van der Waals surface area contributed by atoms with Crippen LogP contribution >= 0.6 is 0 Å². The van der Waals surface area contributed by atoms with Gasteiger partial charge in [-0.2, -0.15) is 0 Å². The van der Waals surface area contributed by atoms with E-state index in [0.29, 0.717) is 5.95 Å². The van der Waals surface area contributed by atoms with Gasteiger partial charge in [-0.25, -0.2) is 4.57 Å². The Morgan fingerprint density at radius 2 is 1.83 bits per heavy atom. The van der Waals surface area contributed by atoms with Crippen LogP contribution in [0.3, 0.4) is 0 Å². The molecule has 8 nitrogen and oxygen atoms in total. The normalized spacial score (nSPS) is 23.7. The van der Waals surface area contributed by atoms with Gasteiger partial charge in [-0.1, -0.05) is 5.11 Å². The number of hydrogen-bond acceptors (Lipinski definition) is 5. The van der Waals surface area contributed by atoms with Crippen molar-refractivity contribution >= 4 is 17.3 Å². The summed E-state index contributed by atoms with van der Waals surface area (Å²) < 4.78 is 3.27. The smallest absolute Gasteiger partial charge is 0.372 e. The minimum atomic E-state index is 0.665. The zero-order chi connectivity index (χ0) is 20.1. The fourth-order valence-electron chi connectivity index (χ4n) is 4.56. The number of nitrogens with one attached hydrogen (secondary N) is 1. The van der Waals surface area contributed by atoms with Crippen LogP contribution in [0.5, 0.6) is 0 Å². The standard InChI is InChI=1S/C21H33N8/c1-3-27(10-5-14-29-15-11-26(12-16-29)13-17-29)20-8-6-19(7-9-20)23-25-21-24-22-18-28(21)4-2/h6-9,18H,3-5,10-17H2,1-2H3/q+1/p+1. The Morgan fingerprint density at radius 1 is 1.10 bits per heavy atom. The molecule has 8 heteroatoms. The molecular formula is C21H34N8+2. The molecule has 29 heavy (non-hydrogen) atoms. The number of hydrogen-bond donors (Lipinski definition) is 1. The van der Waals surface area contributed by atoms with E-state index >= 15 is 0 Å². The molecule has 1 aromatic carbocycles. The number of rotatable bonds is 9. The quantitative estimate of drug-likeness (QED) is 0.401. The number of azo groups is 1. The van der Waals surface area contributed by atoms with E-state index in [1.165, 1.54) is 62.4 Å². The largest absolute Gasteiger partial charge is 0.401 e. The lowest BCUT2D eigenvalue weighted by Gasteiger charge is -2.50. The van der Waals surface area contributed by atoms with Crippen LogP contribution < -0.4 is 9.47 Å². The van der Waals surface area contributed by atoms with E-state index < -0.39 is 0 Å². The molecule has 0 radical (unpaired) electrons. The Hall–Kier alpha value is -2.32. The second-order valence-electron chi connectivity index (χ2n) is 8.19. The number of quaternary nitrogens is 1. The van der Waals surface area contributed by atoms with E-state index in [-0.39, 0.29) is 0 Å². The number of nitrogens with zero attached hydrogens (tertiary/aromatic N) is 7. The van der Waals surface area contributed by atoms with Crippen molar-refractivity contribution in [2.24, 2.45) is 10.2 Å². The molecule has 2 bridgehead atoms. The maximum atomic E-state index is 4.34. The van der Waals surface area contributed by atoms with Gasteiger partial charge in [-0.05, 0) is 43.2 Å². The summed E-state index contributed by atoms with van der Waals surface area (Å²) in [4.78, 5) is 5.09. The molecule has 0 saturated carbocycles. The van der Waals surface area contributed by atoms with Crippen LogP contribution in [0.2, 0.25) is 0 Å². The van der Waals surface area contributed by atoms with Gasteiger partial charge >= 0.3 is 5.95 Å². The molecule has 1 aromatic heterocycles. The lowest BCUT2D eigenvalue weighted by Crippen LogP contribution is -2.67. The van der Waals surface area contributed by atoms with Gasteiger partial charge in [-0.3, -0.25) is 4.90 Å². The minimum Gasteiger partial charge on any atom is -0.372 e. The van der Waals surface area contributed by atoms with E-state index in [9.17, 15) is 0 Å². The second-order valence-corrected chi connectivity index (χ2v) is 8.19. The molecule has 0 amide bonds. The molecule has 4 heterocycles. The van der Waals surface area contributed by atoms with Crippen molar-refractivity contribution in [1.29, 1.82) is 0 Å². The van der Waals surface area contributed by atoms with Crippen molar-refractivity contribution in [1.82, 2.24) is 15.1 Å². The molecule has 156 valence electrons. The van der Waals surface area contributed by atoms with E-state index in [1.54, 1.807) is 6.33 Å². The average molecular weight is 399 g/mol. The monoisotopic (exact) mass is 398 g/mol. The fraction of sp³-hybridized carbons (Fsp3) is 0.619. The highest BCUT2D eigenvalue weighted by Gasteiger charge is 2.37. The van der Waals surface area contributed by atoms with Gasteiger partial charge in [0.2, 0.25) is 6.33 Å². The van der Waals surface area contributed by atoms with Crippen LogP contribution in [-0.4, -0.2) is 78.5 Å². The topological polar surface area (TPSA) is 63.8 Å². The first-order valence-corrected chi connectivity index (χ1v) is 11.0. The average Bonchev–Trinajstić information content (AvgIpc) is 3.25. The minimum absolute atomic E-state index is 0.665. The van der Waals surface area contributed by atoms with Crippen molar-refractivity contribution in [2.45, 2.75) is 26.8 Å². The van der Waals surface area contributed by atoms with Crippen molar-refractivity contribution in [3.8, 4) is 0 Å². The van der Waals surface area contributed by atoms with Crippen molar-refractivity contribution in [3.05, 3.63) is 30.6 Å². The van der Waals surface area contributed by atoms with Crippen molar-refractivity contribution in [3.63, 3.8) is 0 Å². The molecule has 5 rings (SSSR count). The maximum Gasteiger partial charge on any atom is 0.401 e. The van der Waals surface area contributed by atoms with Crippen LogP contribution in [0.25, 0.3) is 0 Å². The zero-order valence-electron chi connectivity index (χ0n) is 17.8. The van der Waals surface area contributed by atoms with Gasteiger partial charge in [0, 0.05) is 49.9 Å². The number of piperazine rings is 3. The summed E-state index contributed by atoms with van der Waals surface area (Å²) in [5.74, 6) is 0.665. The third-order valence-corrected chi connectivity index (χ3v) is 6.56. The number of H-pyrrole nitrogens is 1. The van der Waals surface area contributed by atoms with E-state index in [4.69, 9.17) is 0 Å². The number of aromatic amines is 1. The van der Waals surface area contributed by atoms with Gasteiger partial charge in [0.15, 0.2) is 0 Å². The van der Waals surface area contributed by atoms with Gasteiger partial charge in [0.25, 0.3) is 0 Å². The highest BCUT2D eigenvalue weighted by molar-refractivity contribution is 5.52. The molecule has 3 saturated heterocycles. The molecule has 3 fully saturated rings. The van der Waals surface area contributed by atoms with Gasteiger partial charge < -0.3 is 9.38 Å². The SMILES string of the molecule is CCN(CCC[N+]12CCN(CC1)CC2)c1ccc(N=Nc2[nH]nc[n+]2CC)cc1. The summed E-state index contributed by atoms with van der Waals surface area (Å²) in [7, 11) is 0. The summed E-state index contributed by atoms with van der Waals surface area (Å²) in [6.07, 6.45) is 2.98. The first-order chi connectivity index (χ1) is 14.2. The zero-order valence-corrected chi connectivity index (χ0v) is 17.8. The number of fused-ring (bicyclic) bond motifs is 3. The molecule has 2 aromatic rings. The third kappa shape index (κ3) is 4.64. The molecule has 0 atom stereocenters. The van der Waals surface area contributed by atoms with E-state index in [2.05, 4.69) is 56.2 Å². The molecule has 0 aliphatic carbocycles. The van der Waals surface area contributed by atoms with Crippen LogP contribution in [0.1, 0.15) is 20.3 Å². The van der Waals surface area contributed by atoms with Crippen LogP contribution in [0, 0.1) is 0 Å². The molecule has 0 unspecified atom stereocenters. The van der Waals surface area contributed by atoms with Crippen molar-refractivity contribution < 1.29 is 9.05 Å². The summed E-state index contributed by atoms with van der Waals surface area (Å²) >= 11 is 0. The Balaban J connectivity index is 1.32. The summed E-state index contributed by atoms with van der Waals surface area (Å²) in [5.41, 5.74) is 2.12. The highest BCUT2D eigenvalue weighted by atomic mass is 15.5. The Morgan fingerprint density at radius 3 is 2.48 bits per heavy atom. The summed E-state index contributed by atoms with van der Waals surface area (Å²) in [6, 6.07) is 8.40. The fourth-order valence-corrected chi connectivity index (χ4v) is 4.56. The first kappa shape index (κ1) is 20.0. The van der Waals surface area contributed by atoms with E-state index in [1.807, 2.05) is 16.7 Å². The Bertz CT molecular complexity index is 791. The van der Waals surface area contributed by atoms with Crippen LogP contribution in [0.4, 0.5) is 17.3 Å². The molecular weight excluding hydrogens is 364 g/mol.